The average Bonchev–Trinajstić information content (AvgIpc) is 2.67. The van der Waals surface area contributed by atoms with E-state index in [1.807, 2.05) is 27.7 Å². The van der Waals surface area contributed by atoms with Crippen LogP contribution < -0.4 is 0 Å². The highest BCUT2D eigenvalue weighted by Gasteiger charge is 2.26. The Hall–Kier alpha value is -1.93. The van der Waals surface area contributed by atoms with Gasteiger partial charge in [-0.1, -0.05) is 18.6 Å². The van der Waals surface area contributed by atoms with Crippen LogP contribution in [0.5, 0.6) is 0 Å². The van der Waals surface area contributed by atoms with E-state index in [0.29, 0.717) is 18.7 Å². The Morgan fingerprint density at radius 3 is 2.07 bits per heavy atom. The zero-order chi connectivity index (χ0) is 21.6. The summed E-state index contributed by atoms with van der Waals surface area (Å²) in [5.74, 6) is -0.747. The fraction of sp³-hybridized carbons (Fsp3) is 0.619. The smallest absolute Gasteiger partial charge is 0.310 e. The average molecular weight is 425 g/mol. The highest BCUT2D eigenvalue weighted by molar-refractivity contribution is 7.89. The van der Waals surface area contributed by atoms with Crippen molar-refractivity contribution in [1.82, 2.24) is 9.21 Å². The number of rotatable bonds is 8. The molecule has 1 aromatic carbocycles. The Morgan fingerprint density at radius 2 is 1.55 bits per heavy atom. The number of piperidine rings is 1. The van der Waals surface area contributed by atoms with Gasteiger partial charge in [-0.15, -0.1) is 0 Å². The van der Waals surface area contributed by atoms with Crippen molar-refractivity contribution in [3.05, 3.63) is 29.8 Å². The second kappa shape index (κ2) is 10.2. The molecule has 7 nitrogen and oxygen atoms in total. The minimum Gasteiger partial charge on any atom is -0.455 e. The predicted molar refractivity (Wildman–Crippen MR) is 111 cm³/mol. The van der Waals surface area contributed by atoms with Crippen LogP contribution in [0.3, 0.4) is 0 Å². The van der Waals surface area contributed by atoms with Gasteiger partial charge in [-0.3, -0.25) is 9.59 Å². The highest BCUT2D eigenvalue weighted by Crippen LogP contribution is 2.21. The van der Waals surface area contributed by atoms with Crippen molar-refractivity contribution in [2.45, 2.75) is 70.4 Å². The van der Waals surface area contributed by atoms with E-state index in [0.717, 1.165) is 19.3 Å². The third-order valence-corrected chi connectivity index (χ3v) is 6.89. The van der Waals surface area contributed by atoms with Crippen LogP contribution in [-0.4, -0.2) is 61.3 Å². The van der Waals surface area contributed by atoms with Crippen LogP contribution in [0.25, 0.3) is 0 Å². The number of hydrogen-bond acceptors (Lipinski definition) is 5. The van der Waals surface area contributed by atoms with Gasteiger partial charge < -0.3 is 9.64 Å². The molecule has 0 bridgehead atoms. The van der Waals surface area contributed by atoms with Crippen LogP contribution >= 0.6 is 0 Å². The van der Waals surface area contributed by atoms with E-state index in [9.17, 15) is 18.0 Å². The summed E-state index contributed by atoms with van der Waals surface area (Å²) in [5, 5.41) is 0. The fourth-order valence-corrected chi connectivity index (χ4v) is 5.16. The molecule has 2 rings (SSSR count). The summed E-state index contributed by atoms with van der Waals surface area (Å²) in [6, 6.07) is 6.34. The van der Waals surface area contributed by atoms with Crippen molar-refractivity contribution in [1.29, 1.82) is 0 Å². The molecule has 1 aliphatic heterocycles. The lowest BCUT2D eigenvalue weighted by Crippen LogP contribution is -2.44. The molecule has 1 saturated heterocycles. The lowest BCUT2D eigenvalue weighted by atomic mass is 10.1. The Kier molecular flexibility index (Phi) is 8.22. The molecule has 0 radical (unpaired) electrons. The van der Waals surface area contributed by atoms with Gasteiger partial charge in [0.2, 0.25) is 10.0 Å². The SMILES string of the molecule is CC(C)N(C(=O)COC(=O)Cc1ccc(S(=O)(=O)N2CCCCC2)cc1)C(C)C. The molecule has 0 N–H and O–H groups in total. The predicted octanol–water partition coefficient (Wildman–Crippen LogP) is 2.59. The van der Waals surface area contributed by atoms with Crippen LogP contribution in [-0.2, 0) is 30.8 Å². The van der Waals surface area contributed by atoms with Crippen LogP contribution in [0.15, 0.2) is 29.2 Å². The lowest BCUT2D eigenvalue weighted by molar-refractivity contribution is -0.153. The third-order valence-electron chi connectivity index (χ3n) is 4.98. The number of esters is 1. The first-order valence-electron chi connectivity index (χ1n) is 10.2. The summed E-state index contributed by atoms with van der Waals surface area (Å²) in [4.78, 5) is 26.3. The fourth-order valence-electron chi connectivity index (χ4n) is 3.64. The van der Waals surface area contributed by atoms with Gasteiger partial charge in [0, 0.05) is 25.2 Å². The van der Waals surface area contributed by atoms with Gasteiger partial charge in [0.25, 0.3) is 5.91 Å². The topological polar surface area (TPSA) is 84.0 Å². The van der Waals surface area contributed by atoms with Crippen LogP contribution in [0, 0.1) is 0 Å². The second-order valence-corrected chi connectivity index (χ2v) is 9.87. The minimum atomic E-state index is -3.49. The maximum Gasteiger partial charge on any atom is 0.310 e. The van der Waals surface area contributed by atoms with Crippen molar-refractivity contribution in [2.24, 2.45) is 0 Å². The molecule has 29 heavy (non-hydrogen) atoms. The minimum absolute atomic E-state index is 0.0132. The third kappa shape index (κ3) is 6.27. The maximum absolute atomic E-state index is 12.7. The first-order valence-corrected chi connectivity index (χ1v) is 11.6. The molecule has 0 saturated carbocycles. The molecule has 1 fully saturated rings. The standard InChI is InChI=1S/C21H32N2O5S/c1-16(2)23(17(3)4)20(24)15-28-21(25)14-18-8-10-19(11-9-18)29(26,27)22-12-6-5-7-13-22/h8-11,16-17H,5-7,12-15H2,1-4H3. The van der Waals surface area contributed by atoms with E-state index in [1.54, 1.807) is 17.0 Å². The summed E-state index contributed by atoms with van der Waals surface area (Å²) in [6.45, 7) is 8.47. The van der Waals surface area contributed by atoms with E-state index in [1.165, 1.54) is 16.4 Å². The van der Waals surface area contributed by atoms with E-state index in [2.05, 4.69) is 0 Å². The van der Waals surface area contributed by atoms with E-state index in [-0.39, 0.29) is 35.9 Å². The van der Waals surface area contributed by atoms with Crippen molar-refractivity contribution in [2.75, 3.05) is 19.7 Å². The van der Waals surface area contributed by atoms with Gasteiger partial charge >= 0.3 is 5.97 Å². The van der Waals surface area contributed by atoms with Gasteiger partial charge in [-0.25, -0.2) is 8.42 Å². The zero-order valence-electron chi connectivity index (χ0n) is 17.8. The molecule has 1 amide bonds. The molecule has 0 aliphatic carbocycles. The molecule has 162 valence electrons. The Labute approximate surface area is 174 Å². The number of carbonyl (C=O) groups excluding carboxylic acids is 2. The number of amides is 1. The quantitative estimate of drug-likeness (QED) is 0.599. The van der Waals surface area contributed by atoms with Crippen molar-refractivity contribution >= 4 is 21.9 Å². The molecule has 0 aromatic heterocycles. The normalized spacial score (nSPS) is 15.5. The van der Waals surface area contributed by atoms with Gasteiger partial charge in [0.05, 0.1) is 11.3 Å². The van der Waals surface area contributed by atoms with Crippen molar-refractivity contribution in [3.63, 3.8) is 0 Å². The summed E-state index contributed by atoms with van der Waals surface area (Å²) in [5.41, 5.74) is 0.643. The molecular weight excluding hydrogens is 392 g/mol. The Morgan fingerprint density at radius 1 is 1.00 bits per heavy atom. The van der Waals surface area contributed by atoms with E-state index in [4.69, 9.17) is 4.74 Å². The van der Waals surface area contributed by atoms with Crippen LogP contribution in [0.2, 0.25) is 0 Å². The summed E-state index contributed by atoms with van der Waals surface area (Å²) in [7, 11) is -3.49. The number of nitrogens with zero attached hydrogens (tertiary/aromatic N) is 2. The highest BCUT2D eigenvalue weighted by atomic mass is 32.2. The molecule has 1 aromatic rings. The first kappa shape index (κ1) is 23.3. The van der Waals surface area contributed by atoms with E-state index < -0.39 is 16.0 Å². The Balaban J connectivity index is 1.92. The summed E-state index contributed by atoms with van der Waals surface area (Å²) < 4.78 is 32.0. The number of sulfonamides is 1. The monoisotopic (exact) mass is 424 g/mol. The van der Waals surface area contributed by atoms with Crippen LogP contribution in [0.1, 0.15) is 52.5 Å². The van der Waals surface area contributed by atoms with Crippen molar-refractivity contribution in [3.8, 4) is 0 Å². The molecule has 1 aliphatic rings. The van der Waals surface area contributed by atoms with Gasteiger partial charge in [0.15, 0.2) is 6.61 Å². The first-order chi connectivity index (χ1) is 13.6. The van der Waals surface area contributed by atoms with Crippen LogP contribution in [0.4, 0.5) is 0 Å². The number of ether oxygens (including phenoxy) is 1. The zero-order valence-corrected chi connectivity index (χ0v) is 18.6. The largest absolute Gasteiger partial charge is 0.455 e. The molecule has 8 heteroatoms. The molecule has 0 spiro atoms. The lowest BCUT2D eigenvalue weighted by Gasteiger charge is -2.30. The van der Waals surface area contributed by atoms with Gasteiger partial charge in [-0.2, -0.15) is 4.31 Å². The molecule has 0 atom stereocenters. The number of benzene rings is 1. The summed E-state index contributed by atoms with van der Waals surface area (Å²) in [6.07, 6.45) is 2.81. The molecule has 1 heterocycles. The molecule has 0 unspecified atom stereocenters. The van der Waals surface area contributed by atoms with Crippen molar-refractivity contribution < 1.29 is 22.7 Å². The summed E-state index contributed by atoms with van der Waals surface area (Å²) >= 11 is 0. The van der Waals surface area contributed by atoms with Gasteiger partial charge in [-0.05, 0) is 58.2 Å². The van der Waals surface area contributed by atoms with Gasteiger partial charge in [0.1, 0.15) is 0 Å². The van der Waals surface area contributed by atoms with E-state index >= 15 is 0 Å². The number of carbonyl (C=O) groups is 2. The number of hydrogen-bond donors (Lipinski definition) is 0. The second-order valence-electron chi connectivity index (χ2n) is 7.93. The Bertz CT molecular complexity index is 789. The molecular formula is C21H32N2O5S. The maximum atomic E-state index is 12.7.